The fraction of sp³-hybridized carbons (Fsp3) is 0.348. The van der Waals surface area contributed by atoms with Crippen molar-refractivity contribution in [3.63, 3.8) is 0 Å². The average Bonchev–Trinajstić information content (AvgIpc) is 2.71. The largest absolute Gasteiger partial charge is 0.507 e. The fourth-order valence-corrected chi connectivity index (χ4v) is 4.25. The van der Waals surface area contributed by atoms with E-state index in [1.165, 1.54) is 36.3 Å². The number of benzene rings is 2. The Hall–Kier alpha value is -2.11. The molecule has 0 spiro atoms. The first-order chi connectivity index (χ1) is 13.6. The van der Waals surface area contributed by atoms with Gasteiger partial charge in [-0.05, 0) is 96.0 Å². The summed E-state index contributed by atoms with van der Waals surface area (Å²) < 4.78 is 6.14. The van der Waals surface area contributed by atoms with Gasteiger partial charge in [0.15, 0.2) is 5.43 Å². The number of halogens is 1. The third-order valence-corrected chi connectivity index (χ3v) is 6.35. The standard InChI is InChI=1S/C23H24BrNO3/c24-20-3-1-18(15-22(20)27)13-17-6-10-25(11-7-17)9-5-16-2-4-23-19(14-16)21(26)8-12-28-23/h1-4,8,12,14-15,17,27H,5-7,9-11,13H2. The van der Waals surface area contributed by atoms with Gasteiger partial charge in [-0.15, -0.1) is 0 Å². The van der Waals surface area contributed by atoms with Gasteiger partial charge in [-0.2, -0.15) is 0 Å². The van der Waals surface area contributed by atoms with Gasteiger partial charge in [0, 0.05) is 12.6 Å². The van der Waals surface area contributed by atoms with E-state index in [-0.39, 0.29) is 5.43 Å². The van der Waals surface area contributed by atoms with Gasteiger partial charge in [0.1, 0.15) is 11.3 Å². The summed E-state index contributed by atoms with van der Waals surface area (Å²) in [7, 11) is 0. The molecule has 0 bridgehead atoms. The molecule has 0 unspecified atom stereocenters. The molecule has 28 heavy (non-hydrogen) atoms. The van der Waals surface area contributed by atoms with Gasteiger partial charge in [-0.25, -0.2) is 0 Å². The normalized spacial score (nSPS) is 15.9. The van der Waals surface area contributed by atoms with Gasteiger partial charge in [0.25, 0.3) is 0 Å². The van der Waals surface area contributed by atoms with Crippen molar-refractivity contribution >= 4 is 26.9 Å². The maximum atomic E-state index is 12.0. The molecule has 0 aliphatic carbocycles. The molecule has 4 rings (SSSR count). The van der Waals surface area contributed by atoms with E-state index in [1.54, 1.807) is 0 Å². The van der Waals surface area contributed by atoms with Crippen LogP contribution in [-0.4, -0.2) is 29.6 Å². The van der Waals surface area contributed by atoms with Gasteiger partial charge in [0.2, 0.25) is 0 Å². The number of piperidine rings is 1. The van der Waals surface area contributed by atoms with Crippen molar-refractivity contribution in [1.82, 2.24) is 4.90 Å². The molecule has 1 aromatic heterocycles. The van der Waals surface area contributed by atoms with Gasteiger partial charge in [-0.1, -0.05) is 12.1 Å². The second kappa shape index (κ2) is 8.50. The highest BCUT2D eigenvalue weighted by molar-refractivity contribution is 9.10. The predicted molar refractivity (Wildman–Crippen MR) is 115 cm³/mol. The summed E-state index contributed by atoms with van der Waals surface area (Å²) >= 11 is 3.34. The summed E-state index contributed by atoms with van der Waals surface area (Å²) in [6.07, 6.45) is 5.77. The number of hydrogen-bond donors (Lipinski definition) is 1. The molecule has 2 heterocycles. The Morgan fingerprint density at radius 2 is 1.86 bits per heavy atom. The van der Waals surface area contributed by atoms with Crippen LogP contribution in [0.25, 0.3) is 11.0 Å². The van der Waals surface area contributed by atoms with Crippen molar-refractivity contribution < 1.29 is 9.52 Å². The Labute approximate surface area is 172 Å². The minimum Gasteiger partial charge on any atom is -0.507 e. The zero-order valence-electron chi connectivity index (χ0n) is 15.7. The summed E-state index contributed by atoms with van der Waals surface area (Å²) in [4.78, 5) is 14.5. The van der Waals surface area contributed by atoms with E-state index >= 15 is 0 Å². The van der Waals surface area contributed by atoms with Crippen LogP contribution in [0.15, 0.2) is 62.4 Å². The lowest BCUT2D eigenvalue weighted by molar-refractivity contribution is 0.186. The topological polar surface area (TPSA) is 53.7 Å². The molecule has 3 aromatic rings. The molecule has 2 aromatic carbocycles. The van der Waals surface area contributed by atoms with E-state index in [0.29, 0.717) is 22.6 Å². The van der Waals surface area contributed by atoms with Crippen molar-refractivity contribution in [2.45, 2.75) is 25.7 Å². The fourth-order valence-electron chi connectivity index (χ4n) is 4.01. The molecule has 1 saturated heterocycles. The molecular formula is C23H24BrNO3. The summed E-state index contributed by atoms with van der Waals surface area (Å²) in [5.74, 6) is 0.987. The maximum Gasteiger partial charge on any atom is 0.192 e. The van der Waals surface area contributed by atoms with E-state index in [2.05, 4.69) is 33.0 Å². The van der Waals surface area contributed by atoms with Crippen molar-refractivity contribution in [3.05, 3.63) is 74.6 Å². The minimum atomic E-state index is 0.0166. The van der Waals surface area contributed by atoms with E-state index < -0.39 is 0 Å². The van der Waals surface area contributed by atoms with E-state index in [4.69, 9.17) is 4.42 Å². The van der Waals surface area contributed by atoms with Gasteiger partial charge < -0.3 is 14.4 Å². The molecule has 146 valence electrons. The Balaban J connectivity index is 1.29. The summed E-state index contributed by atoms with van der Waals surface area (Å²) in [5.41, 5.74) is 3.05. The first-order valence-corrected chi connectivity index (χ1v) is 10.6. The quantitative estimate of drug-likeness (QED) is 0.619. The van der Waals surface area contributed by atoms with Crippen LogP contribution in [0.3, 0.4) is 0 Å². The minimum absolute atomic E-state index is 0.0166. The molecule has 0 saturated carbocycles. The van der Waals surface area contributed by atoms with Crippen LogP contribution in [-0.2, 0) is 12.8 Å². The Kier molecular flexibility index (Phi) is 5.83. The highest BCUT2D eigenvalue weighted by atomic mass is 79.9. The van der Waals surface area contributed by atoms with Gasteiger partial charge in [-0.3, -0.25) is 4.79 Å². The maximum absolute atomic E-state index is 12.0. The van der Waals surface area contributed by atoms with Crippen LogP contribution in [0.4, 0.5) is 0 Å². The first kappa shape index (κ1) is 19.2. The average molecular weight is 442 g/mol. The highest BCUT2D eigenvalue weighted by Gasteiger charge is 2.19. The lowest BCUT2D eigenvalue weighted by atomic mass is 9.90. The number of phenols is 1. The number of nitrogens with zero attached hydrogens (tertiary/aromatic N) is 1. The molecule has 1 N–H and O–H groups in total. The summed E-state index contributed by atoms with van der Waals surface area (Å²) in [6, 6.07) is 13.3. The molecule has 0 radical (unpaired) electrons. The monoisotopic (exact) mass is 441 g/mol. The van der Waals surface area contributed by atoms with Crippen molar-refractivity contribution in [3.8, 4) is 5.75 Å². The number of phenolic OH excluding ortho intramolecular Hbond substituents is 1. The predicted octanol–water partition coefficient (Wildman–Crippen LogP) is 4.76. The van der Waals surface area contributed by atoms with Crippen molar-refractivity contribution in [2.24, 2.45) is 5.92 Å². The lowest BCUT2D eigenvalue weighted by Crippen LogP contribution is -2.35. The third kappa shape index (κ3) is 4.47. The smallest absolute Gasteiger partial charge is 0.192 e. The number of fused-ring (bicyclic) bond motifs is 1. The molecule has 5 heteroatoms. The molecule has 1 aliphatic heterocycles. The van der Waals surface area contributed by atoms with Crippen molar-refractivity contribution in [2.75, 3.05) is 19.6 Å². The number of likely N-dealkylation sites (tertiary alicyclic amines) is 1. The van der Waals surface area contributed by atoms with Gasteiger partial charge >= 0.3 is 0 Å². The van der Waals surface area contributed by atoms with E-state index in [9.17, 15) is 9.90 Å². The van der Waals surface area contributed by atoms with Gasteiger partial charge in [0.05, 0.1) is 16.1 Å². The second-order valence-corrected chi connectivity index (χ2v) is 8.49. The lowest BCUT2D eigenvalue weighted by Gasteiger charge is -2.32. The molecule has 4 nitrogen and oxygen atoms in total. The van der Waals surface area contributed by atoms with Crippen LogP contribution in [0.2, 0.25) is 0 Å². The van der Waals surface area contributed by atoms with Crippen LogP contribution < -0.4 is 5.43 Å². The van der Waals surface area contributed by atoms with Crippen molar-refractivity contribution in [1.29, 1.82) is 0 Å². The summed E-state index contributed by atoms with van der Waals surface area (Å²) in [5, 5.41) is 10.5. The first-order valence-electron chi connectivity index (χ1n) is 9.79. The molecule has 1 fully saturated rings. The Bertz CT molecular complexity index is 1020. The molecular weight excluding hydrogens is 418 g/mol. The molecule has 0 amide bonds. The second-order valence-electron chi connectivity index (χ2n) is 7.64. The van der Waals surface area contributed by atoms with Crippen LogP contribution >= 0.6 is 15.9 Å². The Morgan fingerprint density at radius 1 is 1.07 bits per heavy atom. The van der Waals surface area contributed by atoms with Crippen LogP contribution in [0.1, 0.15) is 24.0 Å². The number of rotatable bonds is 5. The van der Waals surface area contributed by atoms with E-state index in [1.807, 2.05) is 24.3 Å². The number of hydrogen-bond acceptors (Lipinski definition) is 4. The highest BCUT2D eigenvalue weighted by Crippen LogP contribution is 2.28. The zero-order valence-corrected chi connectivity index (χ0v) is 17.3. The third-order valence-electron chi connectivity index (χ3n) is 5.68. The SMILES string of the molecule is O=c1ccoc2ccc(CCN3CCC(Cc4ccc(Br)c(O)c4)CC3)cc12. The van der Waals surface area contributed by atoms with Crippen LogP contribution in [0.5, 0.6) is 5.75 Å². The van der Waals surface area contributed by atoms with E-state index in [0.717, 1.165) is 36.9 Å². The van der Waals surface area contributed by atoms with Crippen LogP contribution in [0, 0.1) is 5.92 Å². The summed E-state index contributed by atoms with van der Waals surface area (Å²) in [6.45, 7) is 3.21. The Morgan fingerprint density at radius 3 is 2.64 bits per heavy atom. The molecule has 0 atom stereocenters. The zero-order chi connectivity index (χ0) is 19.5. The molecule has 1 aliphatic rings. The number of aromatic hydroxyl groups is 1.